The lowest BCUT2D eigenvalue weighted by molar-refractivity contribution is 0.282. The van der Waals surface area contributed by atoms with Gasteiger partial charge in [-0.3, -0.25) is 0 Å². The molecule has 3 heteroatoms. The van der Waals surface area contributed by atoms with E-state index < -0.39 is 0 Å². The summed E-state index contributed by atoms with van der Waals surface area (Å²) in [5.41, 5.74) is 1.33. The van der Waals surface area contributed by atoms with E-state index in [4.69, 9.17) is 5.11 Å². The highest BCUT2D eigenvalue weighted by molar-refractivity contribution is 5.14. The first kappa shape index (κ1) is 15.2. The summed E-state index contributed by atoms with van der Waals surface area (Å²) in [5.74, 6) is 0. The molecule has 3 N–H and O–H groups in total. The van der Waals surface area contributed by atoms with Crippen molar-refractivity contribution >= 4 is 0 Å². The number of nitrogens with one attached hydrogen (secondary N) is 2. The van der Waals surface area contributed by atoms with E-state index in [2.05, 4.69) is 34.9 Å². The van der Waals surface area contributed by atoms with E-state index in [1.165, 1.54) is 18.4 Å². The molecule has 0 heterocycles. The van der Waals surface area contributed by atoms with Crippen LogP contribution in [0.4, 0.5) is 0 Å². The van der Waals surface area contributed by atoms with Crippen LogP contribution >= 0.6 is 0 Å². The fourth-order valence-electron chi connectivity index (χ4n) is 1.85. The van der Waals surface area contributed by atoms with Gasteiger partial charge in [0.25, 0.3) is 0 Å². The fourth-order valence-corrected chi connectivity index (χ4v) is 1.85. The molecular weight excluding hydrogens is 224 g/mol. The van der Waals surface area contributed by atoms with Crippen LogP contribution in [0, 0.1) is 0 Å². The minimum atomic E-state index is 0.330. The number of benzene rings is 1. The van der Waals surface area contributed by atoms with Gasteiger partial charge in [-0.25, -0.2) is 0 Å². The van der Waals surface area contributed by atoms with Crippen molar-refractivity contribution in [3.63, 3.8) is 0 Å². The number of rotatable bonds is 11. The molecule has 0 spiro atoms. The lowest BCUT2D eigenvalue weighted by Gasteiger charge is -2.06. The highest BCUT2D eigenvalue weighted by Crippen LogP contribution is 1.97. The zero-order valence-corrected chi connectivity index (χ0v) is 11.2. The average Bonchev–Trinajstić information content (AvgIpc) is 2.42. The van der Waals surface area contributed by atoms with Gasteiger partial charge in [0.05, 0.1) is 0 Å². The Kier molecular flexibility index (Phi) is 9.44. The van der Waals surface area contributed by atoms with Gasteiger partial charge in [-0.15, -0.1) is 0 Å². The van der Waals surface area contributed by atoms with Gasteiger partial charge in [-0.05, 0) is 24.9 Å². The molecule has 1 rings (SSSR count). The molecule has 0 fully saturated rings. The lowest BCUT2D eigenvalue weighted by Crippen LogP contribution is -2.27. The molecule has 0 aliphatic rings. The average molecular weight is 250 g/mol. The first-order valence-electron chi connectivity index (χ1n) is 6.99. The normalized spacial score (nSPS) is 10.7. The molecule has 0 aromatic heterocycles. The molecule has 1 aromatic rings. The maximum Gasteiger partial charge on any atom is 0.0431 e. The number of aliphatic hydroxyl groups is 1. The molecule has 0 saturated heterocycles. The molecule has 3 nitrogen and oxygen atoms in total. The van der Waals surface area contributed by atoms with Crippen LogP contribution in [0.3, 0.4) is 0 Å². The van der Waals surface area contributed by atoms with Gasteiger partial charge in [-0.1, -0.05) is 43.2 Å². The van der Waals surface area contributed by atoms with Crippen LogP contribution in [0.2, 0.25) is 0 Å². The Labute approximate surface area is 111 Å². The van der Waals surface area contributed by atoms with E-state index in [9.17, 15) is 0 Å². The number of unbranched alkanes of at least 4 members (excludes halogenated alkanes) is 3. The summed E-state index contributed by atoms with van der Waals surface area (Å²) in [6.45, 7) is 4.38. The Hall–Kier alpha value is -0.900. The summed E-state index contributed by atoms with van der Waals surface area (Å²) >= 11 is 0. The predicted octanol–water partition coefficient (Wildman–Crippen LogP) is 1.92. The van der Waals surface area contributed by atoms with Crippen LogP contribution < -0.4 is 10.6 Å². The third-order valence-electron chi connectivity index (χ3n) is 2.91. The van der Waals surface area contributed by atoms with Gasteiger partial charge in [0.15, 0.2) is 0 Å². The zero-order chi connectivity index (χ0) is 12.9. The van der Waals surface area contributed by atoms with Gasteiger partial charge in [0.1, 0.15) is 0 Å². The summed E-state index contributed by atoms with van der Waals surface area (Å²) in [6, 6.07) is 10.5. The predicted molar refractivity (Wildman–Crippen MR) is 76.6 cm³/mol. The Bertz CT molecular complexity index is 277. The van der Waals surface area contributed by atoms with E-state index >= 15 is 0 Å². The van der Waals surface area contributed by atoms with Crippen molar-refractivity contribution in [1.29, 1.82) is 0 Å². The van der Waals surface area contributed by atoms with Crippen molar-refractivity contribution in [2.45, 2.75) is 32.2 Å². The standard InChI is InChI=1S/C15H26N2O/c18-13-7-2-1-6-10-16-11-12-17-14-15-8-4-3-5-9-15/h3-5,8-9,16-18H,1-2,6-7,10-14H2. The number of hydrogen-bond donors (Lipinski definition) is 3. The van der Waals surface area contributed by atoms with E-state index in [0.717, 1.165) is 39.0 Å². The molecule has 0 radical (unpaired) electrons. The van der Waals surface area contributed by atoms with Crippen LogP contribution in [-0.2, 0) is 6.54 Å². The monoisotopic (exact) mass is 250 g/mol. The third kappa shape index (κ3) is 8.23. The summed E-state index contributed by atoms with van der Waals surface area (Å²) in [6.07, 6.45) is 4.51. The second-order valence-corrected chi connectivity index (χ2v) is 4.55. The van der Waals surface area contributed by atoms with E-state index in [1.807, 2.05) is 6.07 Å². The Morgan fingerprint density at radius 3 is 2.28 bits per heavy atom. The number of aliphatic hydroxyl groups excluding tert-OH is 1. The molecule has 0 saturated carbocycles. The topological polar surface area (TPSA) is 44.3 Å². The van der Waals surface area contributed by atoms with E-state index in [1.54, 1.807) is 0 Å². The summed E-state index contributed by atoms with van der Waals surface area (Å²) < 4.78 is 0. The summed E-state index contributed by atoms with van der Waals surface area (Å²) in [4.78, 5) is 0. The minimum absolute atomic E-state index is 0.330. The molecule has 0 aliphatic heterocycles. The smallest absolute Gasteiger partial charge is 0.0431 e. The van der Waals surface area contributed by atoms with Gasteiger partial charge < -0.3 is 15.7 Å². The molecule has 1 aromatic carbocycles. The molecule has 0 unspecified atom stereocenters. The quantitative estimate of drug-likeness (QED) is 0.526. The highest BCUT2D eigenvalue weighted by Gasteiger charge is 1.92. The van der Waals surface area contributed by atoms with Crippen LogP contribution in [-0.4, -0.2) is 31.3 Å². The zero-order valence-electron chi connectivity index (χ0n) is 11.2. The molecule has 102 valence electrons. The Morgan fingerprint density at radius 2 is 1.50 bits per heavy atom. The summed E-state index contributed by atoms with van der Waals surface area (Å²) in [5, 5.41) is 15.5. The highest BCUT2D eigenvalue weighted by atomic mass is 16.2. The molecule has 0 amide bonds. The third-order valence-corrected chi connectivity index (χ3v) is 2.91. The lowest BCUT2D eigenvalue weighted by atomic mass is 10.2. The van der Waals surface area contributed by atoms with Crippen LogP contribution in [0.1, 0.15) is 31.2 Å². The largest absolute Gasteiger partial charge is 0.396 e. The van der Waals surface area contributed by atoms with Crippen molar-refractivity contribution in [1.82, 2.24) is 10.6 Å². The van der Waals surface area contributed by atoms with Gasteiger partial charge in [-0.2, -0.15) is 0 Å². The van der Waals surface area contributed by atoms with Crippen LogP contribution in [0.15, 0.2) is 30.3 Å². The first-order valence-corrected chi connectivity index (χ1v) is 6.99. The molecular formula is C15H26N2O. The Balaban J connectivity index is 1.82. The van der Waals surface area contributed by atoms with Crippen LogP contribution in [0.5, 0.6) is 0 Å². The van der Waals surface area contributed by atoms with Gasteiger partial charge in [0, 0.05) is 26.2 Å². The van der Waals surface area contributed by atoms with Crippen molar-refractivity contribution < 1.29 is 5.11 Å². The fraction of sp³-hybridized carbons (Fsp3) is 0.600. The van der Waals surface area contributed by atoms with Crippen LogP contribution in [0.25, 0.3) is 0 Å². The summed E-state index contributed by atoms with van der Waals surface area (Å²) in [7, 11) is 0. The second kappa shape index (κ2) is 11.2. The van der Waals surface area contributed by atoms with Gasteiger partial charge in [0.2, 0.25) is 0 Å². The SMILES string of the molecule is OCCCCCCNCCNCc1ccccc1. The van der Waals surface area contributed by atoms with Crippen molar-refractivity contribution in [3.8, 4) is 0 Å². The molecule has 0 bridgehead atoms. The van der Waals surface area contributed by atoms with Crippen molar-refractivity contribution in [2.75, 3.05) is 26.2 Å². The molecule has 0 atom stereocenters. The maximum atomic E-state index is 8.64. The maximum absolute atomic E-state index is 8.64. The van der Waals surface area contributed by atoms with E-state index in [0.29, 0.717) is 6.61 Å². The first-order chi connectivity index (χ1) is 8.93. The van der Waals surface area contributed by atoms with Gasteiger partial charge >= 0.3 is 0 Å². The minimum Gasteiger partial charge on any atom is -0.396 e. The number of hydrogen-bond acceptors (Lipinski definition) is 3. The molecule has 0 aliphatic carbocycles. The van der Waals surface area contributed by atoms with Crippen molar-refractivity contribution in [3.05, 3.63) is 35.9 Å². The van der Waals surface area contributed by atoms with Crippen molar-refractivity contribution in [2.24, 2.45) is 0 Å². The molecule has 18 heavy (non-hydrogen) atoms. The second-order valence-electron chi connectivity index (χ2n) is 4.55. The Morgan fingerprint density at radius 1 is 0.778 bits per heavy atom. The van der Waals surface area contributed by atoms with E-state index in [-0.39, 0.29) is 0 Å².